The van der Waals surface area contributed by atoms with Crippen LogP contribution in [0, 0.1) is 11.6 Å². The Kier molecular flexibility index (Phi) is 4.88. The number of carbonyl (C=O) groups excluding carboxylic acids is 1. The van der Waals surface area contributed by atoms with Crippen LogP contribution in [0.25, 0.3) is 0 Å². The van der Waals surface area contributed by atoms with Crippen molar-refractivity contribution >= 4 is 17.4 Å². The topological polar surface area (TPSA) is 50.4 Å². The number of hydrogen-bond donors (Lipinski definition) is 2. The van der Waals surface area contributed by atoms with Gasteiger partial charge in [-0.25, -0.2) is 13.6 Å². The fourth-order valence-electron chi connectivity index (χ4n) is 2.55. The van der Waals surface area contributed by atoms with Gasteiger partial charge in [0, 0.05) is 13.2 Å². The van der Waals surface area contributed by atoms with E-state index in [1.165, 1.54) is 6.07 Å². The quantitative estimate of drug-likeness (QED) is 0.898. The Morgan fingerprint density at radius 2 is 2.17 bits per heavy atom. The molecule has 2 amide bonds. The highest BCUT2D eigenvalue weighted by atomic mass is 32.1. The molecule has 23 heavy (non-hydrogen) atoms. The molecule has 1 aromatic carbocycles. The van der Waals surface area contributed by atoms with Crippen LogP contribution in [0.2, 0.25) is 0 Å². The van der Waals surface area contributed by atoms with Crippen LogP contribution in [0.5, 0.6) is 0 Å². The van der Waals surface area contributed by atoms with Crippen molar-refractivity contribution in [2.75, 3.05) is 6.61 Å². The summed E-state index contributed by atoms with van der Waals surface area (Å²) in [6.07, 6.45) is 0.146. The number of hydrogen-bond acceptors (Lipinski definition) is 3. The van der Waals surface area contributed by atoms with Crippen molar-refractivity contribution in [3.05, 3.63) is 57.8 Å². The van der Waals surface area contributed by atoms with E-state index in [1.54, 1.807) is 11.3 Å². The fourth-order valence-corrected chi connectivity index (χ4v) is 3.22. The highest BCUT2D eigenvalue weighted by Crippen LogP contribution is 2.30. The van der Waals surface area contributed by atoms with Gasteiger partial charge in [-0.15, -0.1) is 0 Å². The Morgan fingerprint density at radius 3 is 2.91 bits per heavy atom. The fraction of sp³-hybridized carbons (Fsp3) is 0.312. The van der Waals surface area contributed by atoms with Crippen molar-refractivity contribution in [3.63, 3.8) is 0 Å². The minimum Gasteiger partial charge on any atom is -0.371 e. The summed E-state index contributed by atoms with van der Waals surface area (Å²) < 4.78 is 32.0. The van der Waals surface area contributed by atoms with Gasteiger partial charge in [0.1, 0.15) is 6.10 Å². The first-order chi connectivity index (χ1) is 11.1. The van der Waals surface area contributed by atoms with Crippen LogP contribution < -0.4 is 10.6 Å². The van der Waals surface area contributed by atoms with Crippen molar-refractivity contribution in [3.8, 4) is 0 Å². The third kappa shape index (κ3) is 3.86. The maximum atomic E-state index is 13.4. The first-order valence-electron chi connectivity index (χ1n) is 7.25. The van der Waals surface area contributed by atoms with Crippen LogP contribution in [-0.2, 0) is 11.3 Å². The molecule has 0 aliphatic carbocycles. The van der Waals surface area contributed by atoms with Gasteiger partial charge in [0.25, 0.3) is 0 Å². The minimum atomic E-state index is -0.918. The van der Waals surface area contributed by atoms with Gasteiger partial charge in [-0.3, -0.25) is 0 Å². The third-order valence-corrected chi connectivity index (χ3v) is 4.45. The van der Waals surface area contributed by atoms with Crippen LogP contribution in [-0.4, -0.2) is 18.7 Å². The number of thiophene rings is 1. The second-order valence-corrected chi connectivity index (χ2v) is 6.10. The van der Waals surface area contributed by atoms with Crippen molar-refractivity contribution in [1.29, 1.82) is 0 Å². The van der Waals surface area contributed by atoms with Crippen molar-refractivity contribution in [2.45, 2.75) is 25.1 Å². The molecule has 0 bridgehead atoms. The molecule has 1 fully saturated rings. The first kappa shape index (κ1) is 15.9. The summed E-state index contributed by atoms with van der Waals surface area (Å²) in [4.78, 5) is 12.0. The van der Waals surface area contributed by atoms with Gasteiger partial charge in [0.15, 0.2) is 11.6 Å². The molecule has 1 saturated heterocycles. The maximum Gasteiger partial charge on any atom is 0.315 e. The summed E-state index contributed by atoms with van der Waals surface area (Å²) in [5, 5.41) is 9.51. The third-order valence-electron chi connectivity index (χ3n) is 3.71. The number of amides is 2. The maximum absolute atomic E-state index is 13.4. The van der Waals surface area contributed by atoms with E-state index in [0.717, 1.165) is 17.7 Å². The zero-order chi connectivity index (χ0) is 16.2. The van der Waals surface area contributed by atoms with Crippen LogP contribution in [0.3, 0.4) is 0 Å². The first-order valence-corrected chi connectivity index (χ1v) is 8.20. The van der Waals surface area contributed by atoms with Gasteiger partial charge >= 0.3 is 6.03 Å². The van der Waals surface area contributed by atoms with Crippen molar-refractivity contribution in [2.24, 2.45) is 0 Å². The smallest absolute Gasteiger partial charge is 0.315 e. The van der Waals surface area contributed by atoms with Crippen LogP contribution in [0.15, 0.2) is 35.0 Å². The number of nitrogens with one attached hydrogen (secondary N) is 2. The van der Waals surface area contributed by atoms with Gasteiger partial charge in [-0.05, 0) is 46.5 Å². The largest absolute Gasteiger partial charge is 0.371 e. The average molecular weight is 338 g/mol. The molecule has 1 aliphatic rings. The molecule has 122 valence electrons. The Balaban J connectivity index is 1.60. The van der Waals surface area contributed by atoms with Gasteiger partial charge in [0.05, 0.1) is 6.04 Å². The summed E-state index contributed by atoms with van der Waals surface area (Å²) in [7, 11) is 0. The monoisotopic (exact) mass is 338 g/mol. The number of halogens is 2. The minimum absolute atomic E-state index is 0.276. The molecular formula is C16H16F2N2O2S. The van der Waals surface area contributed by atoms with Crippen LogP contribution >= 0.6 is 11.3 Å². The van der Waals surface area contributed by atoms with Crippen LogP contribution in [0.4, 0.5) is 13.6 Å². The summed E-state index contributed by atoms with van der Waals surface area (Å²) in [6.45, 7) is 0.901. The number of ether oxygens (including phenoxy) is 1. The Hall–Kier alpha value is -1.99. The summed E-state index contributed by atoms with van der Waals surface area (Å²) in [5.74, 6) is -1.82. The molecule has 0 radical (unpaired) electrons. The van der Waals surface area contributed by atoms with Crippen molar-refractivity contribution in [1.82, 2.24) is 10.6 Å². The number of carbonyl (C=O) groups is 1. The van der Waals surface area contributed by atoms with Crippen LogP contribution in [0.1, 0.15) is 23.7 Å². The summed E-state index contributed by atoms with van der Waals surface area (Å²) >= 11 is 1.57. The number of rotatable bonds is 4. The van der Waals surface area contributed by atoms with E-state index in [2.05, 4.69) is 10.6 Å². The summed E-state index contributed by atoms with van der Waals surface area (Å²) in [6, 6.07) is 5.02. The highest BCUT2D eigenvalue weighted by Gasteiger charge is 2.31. The standard InChI is InChI=1S/C16H16F2N2O2S/c17-12-2-1-11(7-13(12)18)15-14(3-5-22-15)20-16(21)19-8-10-4-6-23-9-10/h1-2,4,6-7,9,14-15H,3,5,8H2,(H2,19,20,21)/t14-,15-/m1/s1. The molecule has 3 rings (SSSR count). The lowest BCUT2D eigenvalue weighted by molar-refractivity contribution is 0.0995. The zero-order valence-corrected chi connectivity index (χ0v) is 13.0. The molecule has 1 aliphatic heterocycles. The lowest BCUT2D eigenvalue weighted by Crippen LogP contribution is -2.43. The summed E-state index contributed by atoms with van der Waals surface area (Å²) in [5.41, 5.74) is 1.55. The lowest BCUT2D eigenvalue weighted by atomic mass is 10.0. The SMILES string of the molecule is O=C(NCc1ccsc1)N[C@@H]1CCO[C@@H]1c1ccc(F)c(F)c1. The molecular weight excluding hydrogens is 322 g/mol. The molecule has 0 spiro atoms. The zero-order valence-electron chi connectivity index (χ0n) is 12.2. The Bertz CT molecular complexity index is 679. The average Bonchev–Trinajstić information content (AvgIpc) is 3.19. The normalized spacial score (nSPS) is 20.4. The predicted molar refractivity (Wildman–Crippen MR) is 83.1 cm³/mol. The lowest BCUT2D eigenvalue weighted by Gasteiger charge is -2.20. The van der Waals surface area contributed by atoms with Gasteiger partial charge in [0.2, 0.25) is 0 Å². The number of benzene rings is 1. The van der Waals surface area contributed by atoms with E-state index in [1.807, 2.05) is 16.8 Å². The second-order valence-electron chi connectivity index (χ2n) is 5.32. The van der Waals surface area contributed by atoms with E-state index in [4.69, 9.17) is 4.74 Å². The molecule has 2 heterocycles. The van der Waals surface area contributed by atoms with Gasteiger partial charge < -0.3 is 15.4 Å². The molecule has 2 aromatic rings. The van der Waals surface area contributed by atoms with E-state index < -0.39 is 17.7 Å². The molecule has 0 saturated carbocycles. The van der Waals surface area contributed by atoms with Crippen molar-refractivity contribution < 1.29 is 18.3 Å². The van der Waals surface area contributed by atoms with E-state index >= 15 is 0 Å². The second kappa shape index (κ2) is 7.06. The van der Waals surface area contributed by atoms with Gasteiger partial charge in [-0.1, -0.05) is 6.07 Å². The molecule has 2 N–H and O–H groups in total. The number of urea groups is 1. The van der Waals surface area contributed by atoms with Gasteiger partial charge in [-0.2, -0.15) is 11.3 Å². The molecule has 0 unspecified atom stereocenters. The Labute approximate surface area is 136 Å². The molecule has 2 atom stereocenters. The Morgan fingerprint density at radius 1 is 1.30 bits per heavy atom. The molecule has 1 aromatic heterocycles. The highest BCUT2D eigenvalue weighted by molar-refractivity contribution is 7.07. The predicted octanol–water partition coefficient (Wildman–Crippen LogP) is 3.36. The molecule has 4 nitrogen and oxygen atoms in total. The van der Waals surface area contributed by atoms with E-state index in [-0.39, 0.29) is 12.1 Å². The molecule has 7 heteroatoms. The van der Waals surface area contributed by atoms with E-state index in [0.29, 0.717) is 25.1 Å². The van der Waals surface area contributed by atoms with E-state index in [9.17, 15) is 13.6 Å².